The zero-order chi connectivity index (χ0) is 25.7. The molecule has 8 nitrogen and oxygen atoms in total. The van der Waals surface area contributed by atoms with Gasteiger partial charge in [0.2, 0.25) is 11.8 Å². The normalized spacial score (nSPS) is 14.1. The van der Waals surface area contributed by atoms with Gasteiger partial charge in [0.05, 0.1) is 17.5 Å². The summed E-state index contributed by atoms with van der Waals surface area (Å²) in [6, 6.07) is 17.7. The summed E-state index contributed by atoms with van der Waals surface area (Å²) in [6.45, 7) is 9.29. The van der Waals surface area contributed by atoms with E-state index in [1.165, 1.54) is 6.92 Å². The van der Waals surface area contributed by atoms with Gasteiger partial charge >= 0.3 is 0 Å². The minimum absolute atomic E-state index is 0.0526. The third kappa shape index (κ3) is 6.05. The molecule has 1 fully saturated rings. The Bertz CT molecular complexity index is 1180. The van der Waals surface area contributed by atoms with E-state index < -0.39 is 0 Å². The van der Waals surface area contributed by atoms with Gasteiger partial charge in [-0.1, -0.05) is 30.3 Å². The summed E-state index contributed by atoms with van der Waals surface area (Å²) in [6.07, 6.45) is 1.59. The van der Waals surface area contributed by atoms with Crippen molar-refractivity contribution < 1.29 is 14.3 Å². The average Bonchev–Trinajstić information content (AvgIpc) is 3.19. The number of amides is 2. The van der Waals surface area contributed by atoms with E-state index in [0.717, 1.165) is 47.0 Å². The molecular weight excluding hydrogens is 454 g/mol. The molecular formula is C28H35N5O3. The van der Waals surface area contributed by atoms with Crippen LogP contribution in [0.25, 0.3) is 5.69 Å². The van der Waals surface area contributed by atoms with E-state index in [1.54, 1.807) is 0 Å². The van der Waals surface area contributed by atoms with Crippen molar-refractivity contribution in [2.24, 2.45) is 5.92 Å². The molecule has 0 spiro atoms. The number of hydrogen-bond donors (Lipinski definition) is 2. The molecule has 2 heterocycles. The van der Waals surface area contributed by atoms with Crippen molar-refractivity contribution in [2.75, 3.05) is 23.3 Å². The average molecular weight is 490 g/mol. The first-order valence-corrected chi connectivity index (χ1v) is 12.5. The maximum absolute atomic E-state index is 12.9. The van der Waals surface area contributed by atoms with E-state index in [9.17, 15) is 9.59 Å². The molecule has 36 heavy (non-hydrogen) atoms. The number of carbonyl (C=O) groups excluding carboxylic acids is 2. The van der Waals surface area contributed by atoms with Gasteiger partial charge < -0.3 is 20.3 Å². The van der Waals surface area contributed by atoms with Gasteiger partial charge in [0, 0.05) is 32.5 Å². The summed E-state index contributed by atoms with van der Waals surface area (Å²) < 4.78 is 7.57. The molecule has 0 unspecified atom stereocenters. The zero-order valence-corrected chi connectivity index (χ0v) is 21.5. The lowest BCUT2D eigenvalue weighted by Gasteiger charge is -2.33. The number of nitrogens with zero attached hydrogens (tertiary/aromatic N) is 3. The largest absolute Gasteiger partial charge is 0.491 e. The maximum atomic E-state index is 12.9. The van der Waals surface area contributed by atoms with Crippen LogP contribution in [-0.2, 0) is 16.1 Å². The van der Waals surface area contributed by atoms with Crippen LogP contribution >= 0.6 is 0 Å². The molecule has 1 aliphatic rings. The highest BCUT2D eigenvalue weighted by atomic mass is 16.5. The van der Waals surface area contributed by atoms with Crippen molar-refractivity contribution in [3.63, 3.8) is 0 Å². The van der Waals surface area contributed by atoms with Gasteiger partial charge in [-0.05, 0) is 63.4 Å². The number of aromatic nitrogens is 2. The predicted molar refractivity (Wildman–Crippen MR) is 142 cm³/mol. The van der Waals surface area contributed by atoms with E-state index in [1.807, 2.05) is 80.1 Å². The van der Waals surface area contributed by atoms with Crippen molar-refractivity contribution in [1.29, 1.82) is 0 Å². The highest BCUT2D eigenvalue weighted by molar-refractivity contribution is 5.93. The smallest absolute Gasteiger partial charge is 0.223 e. The number of piperidine rings is 1. The van der Waals surface area contributed by atoms with Crippen LogP contribution in [0.3, 0.4) is 0 Å². The Morgan fingerprint density at radius 1 is 1.06 bits per heavy atom. The molecule has 1 aromatic heterocycles. The monoisotopic (exact) mass is 489 g/mol. The van der Waals surface area contributed by atoms with E-state index in [0.29, 0.717) is 19.6 Å². The number of nitrogens with one attached hydrogen (secondary N) is 2. The fourth-order valence-electron chi connectivity index (χ4n) is 4.52. The Balaban J connectivity index is 1.40. The van der Waals surface area contributed by atoms with Crippen LogP contribution in [-0.4, -0.2) is 40.8 Å². The van der Waals surface area contributed by atoms with E-state index in [2.05, 4.69) is 15.5 Å². The van der Waals surface area contributed by atoms with Crippen molar-refractivity contribution in [2.45, 2.75) is 53.2 Å². The minimum Gasteiger partial charge on any atom is -0.491 e. The molecule has 0 saturated carbocycles. The van der Waals surface area contributed by atoms with Crippen LogP contribution in [0.15, 0.2) is 54.6 Å². The standard InChI is InChI=1S/C28H35N5O3/c1-19(2)36-25-12-10-22(11-13-25)18-29-27(35)23-14-16-32(17-15-23)28-26(30-21(4)34)20(3)31-33(28)24-8-6-5-7-9-24/h5-13,19,23H,14-18H2,1-4H3,(H,29,35)(H,30,34). The molecule has 0 radical (unpaired) electrons. The number of aryl methyl sites for hydroxylation is 1. The van der Waals surface area contributed by atoms with Gasteiger partial charge in [0.1, 0.15) is 11.4 Å². The molecule has 8 heteroatoms. The first-order chi connectivity index (χ1) is 17.3. The van der Waals surface area contributed by atoms with Gasteiger partial charge in [0.15, 0.2) is 5.82 Å². The Labute approximate surface area is 212 Å². The summed E-state index contributed by atoms with van der Waals surface area (Å²) in [5.41, 5.74) is 3.45. The number of para-hydroxylation sites is 1. The second kappa shape index (κ2) is 11.3. The molecule has 0 aliphatic carbocycles. The molecule has 2 N–H and O–H groups in total. The quantitative estimate of drug-likeness (QED) is 0.488. The number of carbonyl (C=O) groups is 2. The van der Waals surface area contributed by atoms with Crippen LogP contribution in [0, 0.1) is 12.8 Å². The maximum Gasteiger partial charge on any atom is 0.223 e. The lowest BCUT2D eigenvalue weighted by molar-refractivity contribution is -0.125. The van der Waals surface area contributed by atoms with E-state index >= 15 is 0 Å². The molecule has 3 aromatic rings. The number of ether oxygens (including phenoxy) is 1. The van der Waals surface area contributed by atoms with Crippen molar-refractivity contribution in [1.82, 2.24) is 15.1 Å². The highest BCUT2D eigenvalue weighted by Crippen LogP contribution is 2.34. The molecule has 190 valence electrons. The summed E-state index contributed by atoms with van der Waals surface area (Å²) in [5.74, 6) is 1.58. The molecule has 1 saturated heterocycles. The van der Waals surface area contributed by atoms with E-state index in [4.69, 9.17) is 9.84 Å². The molecule has 2 amide bonds. The van der Waals surface area contributed by atoms with Crippen LogP contribution in [0.1, 0.15) is 44.9 Å². The van der Waals surface area contributed by atoms with Crippen molar-refractivity contribution in [3.8, 4) is 11.4 Å². The first kappa shape index (κ1) is 25.3. The highest BCUT2D eigenvalue weighted by Gasteiger charge is 2.29. The van der Waals surface area contributed by atoms with Crippen LogP contribution < -0.4 is 20.3 Å². The van der Waals surface area contributed by atoms with Crippen LogP contribution in [0.4, 0.5) is 11.5 Å². The Kier molecular flexibility index (Phi) is 7.93. The summed E-state index contributed by atoms with van der Waals surface area (Å²) >= 11 is 0. The van der Waals surface area contributed by atoms with E-state index in [-0.39, 0.29) is 23.8 Å². The topological polar surface area (TPSA) is 88.5 Å². The SMILES string of the molecule is CC(=O)Nc1c(C)nn(-c2ccccc2)c1N1CCC(C(=O)NCc2ccc(OC(C)C)cc2)CC1. The second-order valence-electron chi connectivity index (χ2n) is 9.50. The van der Waals surface area contributed by atoms with Gasteiger partial charge in [-0.2, -0.15) is 5.10 Å². The van der Waals surface area contributed by atoms with Crippen LogP contribution in [0.5, 0.6) is 5.75 Å². The predicted octanol–water partition coefficient (Wildman–Crippen LogP) is 4.46. The zero-order valence-electron chi connectivity index (χ0n) is 21.5. The summed E-state index contributed by atoms with van der Waals surface area (Å²) in [4.78, 5) is 27.0. The third-order valence-electron chi connectivity index (χ3n) is 6.26. The number of hydrogen-bond acceptors (Lipinski definition) is 5. The van der Waals surface area contributed by atoms with Gasteiger partial charge in [-0.15, -0.1) is 0 Å². The fraction of sp³-hybridized carbons (Fsp3) is 0.393. The Hall–Kier alpha value is -3.81. The minimum atomic E-state index is -0.134. The molecule has 1 aliphatic heterocycles. The van der Waals surface area contributed by atoms with Crippen LogP contribution in [0.2, 0.25) is 0 Å². The van der Waals surface area contributed by atoms with Gasteiger partial charge in [0.25, 0.3) is 0 Å². The molecule has 0 atom stereocenters. The molecule has 0 bridgehead atoms. The van der Waals surface area contributed by atoms with Crippen molar-refractivity contribution in [3.05, 3.63) is 65.9 Å². The van der Waals surface area contributed by atoms with Gasteiger partial charge in [-0.25, -0.2) is 4.68 Å². The number of rotatable bonds is 8. The second-order valence-corrected chi connectivity index (χ2v) is 9.50. The summed E-state index contributed by atoms with van der Waals surface area (Å²) in [5, 5.41) is 10.8. The third-order valence-corrected chi connectivity index (χ3v) is 6.26. The number of anilines is 2. The number of benzene rings is 2. The summed E-state index contributed by atoms with van der Waals surface area (Å²) in [7, 11) is 0. The van der Waals surface area contributed by atoms with Crippen molar-refractivity contribution >= 4 is 23.3 Å². The molecule has 2 aromatic carbocycles. The first-order valence-electron chi connectivity index (χ1n) is 12.5. The Morgan fingerprint density at radius 3 is 2.33 bits per heavy atom. The lowest BCUT2D eigenvalue weighted by Crippen LogP contribution is -2.41. The molecule has 4 rings (SSSR count). The fourth-order valence-corrected chi connectivity index (χ4v) is 4.52. The van der Waals surface area contributed by atoms with Gasteiger partial charge in [-0.3, -0.25) is 9.59 Å². The Morgan fingerprint density at radius 2 is 1.72 bits per heavy atom. The lowest BCUT2D eigenvalue weighted by atomic mass is 9.95.